The highest BCUT2D eigenvalue weighted by Crippen LogP contribution is 2.45. The van der Waals surface area contributed by atoms with Crippen LogP contribution in [0.15, 0.2) is 64.4 Å². The first kappa shape index (κ1) is 25.1. The summed E-state index contributed by atoms with van der Waals surface area (Å²) < 4.78 is 12.4. The Bertz CT molecular complexity index is 1430. The minimum absolute atomic E-state index is 0.0288. The SMILES string of the molecule is CN(C)C(=O)c1ccc(-c2cc3nccc(C4=CC(C#N)=C(OC5CC(CO)(CCl)C5)CC4)c3o2)cc1. The Balaban J connectivity index is 1.40. The minimum atomic E-state index is -0.267. The standard InChI is InChI=1S/C29H28ClN3O4/c1-33(2)28(35)19-5-3-18(4-6-19)26-12-24-27(37-26)23(9-10-32-24)20-7-8-25(21(11-20)15-31)36-22-13-29(14-22,16-30)17-34/h3-6,9-12,22,34H,7-8,13-14,16-17H2,1-2H3. The number of hydrogen-bond acceptors (Lipinski definition) is 6. The number of aliphatic hydroxyl groups is 1. The second-order valence-electron chi connectivity index (χ2n) is 10.0. The smallest absolute Gasteiger partial charge is 0.253 e. The van der Waals surface area contributed by atoms with E-state index in [9.17, 15) is 15.2 Å². The van der Waals surface area contributed by atoms with E-state index in [0.717, 1.165) is 22.2 Å². The molecule has 7 nitrogen and oxygen atoms in total. The summed E-state index contributed by atoms with van der Waals surface area (Å²) in [5.41, 5.74) is 4.96. The molecule has 2 aliphatic carbocycles. The molecule has 0 atom stereocenters. The Hall–Kier alpha value is -3.60. The number of benzene rings is 1. The number of carbonyl (C=O) groups is 1. The predicted molar refractivity (Wildman–Crippen MR) is 142 cm³/mol. The van der Waals surface area contributed by atoms with Gasteiger partial charge in [-0.1, -0.05) is 12.1 Å². The van der Waals surface area contributed by atoms with E-state index in [0.29, 0.717) is 59.8 Å². The topological polar surface area (TPSA) is 99.6 Å². The number of ether oxygens (including phenoxy) is 1. The minimum Gasteiger partial charge on any atom is -0.493 e. The number of furan rings is 1. The van der Waals surface area contributed by atoms with E-state index >= 15 is 0 Å². The van der Waals surface area contributed by atoms with Gasteiger partial charge in [-0.3, -0.25) is 9.78 Å². The summed E-state index contributed by atoms with van der Waals surface area (Å²) in [6.45, 7) is 0.0477. The maximum Gasteiger partial charge on any atom is 0.253 e. The zero-order valence-corrected chi connectivity index (χ0v) is 21.6. The molecular formula is C29H28ClN3O4. The highest BCUT2D eigenvalue weighted by molar-refractivity contribution is 6.18. The van der Waals surface area contributed by atoms with Crippen LogP contribution in [0.5, 0.6) is 0 Å². The van der Waals surface area contributed by atoms with Crippen molar-refractivity contribution in [3.63, 3.8) is 0 Å². The first-order chi connectivity index (χ1) is 17.9. The van der Waals surface area contributed by atoms with Crippen LogP contribution >= 0.6 is 11.6 Å². The van der Waals surface area contributed by atoms with Crippen LogP contribution in [-0.4, -0.2) is 53.6 Å². The third-order valence-corrected chi connectivity index (χ3v) is 7.76. The largest absolute Gasteiger partial charge is 0.493 e. The maximum absolute atomic E-state index is 12.2. The van der Waals surface area contributed by atoms with Crippen molar-refractivity contribution in [2.75, 3.05) is 26.6 Å². The summed E-state index contributed by atoms with van der Waals surface area (Å²) in [4.78, 5) is 18.2. The molecule has 1 aromatic carbocycles. The molecule has 2 aromatic heterocycles. The summed E-state index contributed by atoms with van der Waals surface area (Å²) in [7, 11) is 3.45. The van der Waals surface area contributed by atoms with Gasteiger partial charge in [-0.05, 0) is 49.1 Å². The Morgan fingerprint density at radius 2 is 2.03 bits per heavy atom. The number of nitriles is 1. The van der Waals surface area contributed by atoms with Gasteiger partial charge < -0.3 is 19.2 Å². The Labute approximate surface area is 220 Å². The van der Waals surface area contributed by atoms with Gasteiger partial charge in [0.1, 0.15) is 23.1 Å². The Morgan fingerprint density at radius 1 is 1.27 bits per heavy atom. The molecular weight excluding hydrogens is 490 g/mol. The van der Waals surface area contributed by atoms with Crippen molar-refractivity contribution in [1.82, 2.24) is 9.88 Å². The van der Waals surface area contributed by atoms with Crippen molar-refractivity contribution < 1.29 is 19.1 Å². The van der Waals surface area contributed by atoms with Crippen LogP contribution in [-0.2, 0) is 4.74 Å². The van der Waals surface area contributed by atoms with Crippen LogP contribution in [0.25, 0.3) is 28.0 Å². The molecule has 1 saturated carbocycles. The summed E-state index contributed by atoms with van der Waals surface area (Å²) in [5, 5.41) is 19.4. The van der Waals surface area contributed by atoms with Crippen molar-refractivity contribution >= 4 is 34.2 Å². The molecule has 2 aliphatic rings. The lowest BCUT2D eigenvalue weighted by atomic mass is 9.68. The molecule has 3 aromatic rings. The molecule has 190 valence electrons. The Morgan fingerprint density at radius 3 is 2.68 bits per heavy atom. The van der Waals surface area contributed by atoms with Gasteiger partial charge in [0.15, 0.2) is 5.58 Å². The van der Waals surface area contributed by atoms with Gasteiger partial charge in [0.2, 0.25) is 0 Å². The third-order valence-electron chi connectivity index (χ3n) is 7.19. The lowest BCUT2D eigenvalue weighted by Gasteiger charge is -2.45. The highest BCUT2D eigenvalue weighted by Gasteiger charge is 2.45. The molecule has 1 fully saturated rings. The van der Waals surface area contributed by atoms with Gasteiger partial charge in [0, 0.05) is 60.8 Å². The fourth-order valence-corrected chi connectivity index (χ4v) is 5.28. The van der Waals surface area contributed by atoms with Crippen LogP contribution in [0, 0.1) is 16.7 Å². The molecule has 0 radical (unpaired) electrons. The summed E-state index contributed by atoms with van der Waals surface area (Å²) in [5.74, 6) is 1.69. The molecule has 2 heterocycles. The monoisotopic (exact) mass is 517 g/mol. The van der Waals surface area contributed by atoms with E-state index < -0.39 is 0 Å². The fourth-order valence-electron chi connectivity index (χ4n) is 4.98. The van der Waals surface area contributed by atoms with Crippen LogP contribution in [0.3, 0.4) is 0 Å². The molecule has 5 rings (SSSR count). The molecule has 8 heteroatoms. The van der Waals surface area contributed by atoms with Crippen molar-refractivity contribution in [2.24, 2.45) is 5.41 Å². The van der Waals surface area contributed by atoms with E-state index in [1.807, 2.05) is 30.3 Å². The first-order valence-corrected chi connectivity index (χ1v) is 12.8. The van der Waals surface area contributed by atoms with Crippen LogP contribution < -0.4 is 0 Å². The van der Waals surface area contributed by atoms with Gasteiger partial charge in [-0.2, -0.15) is 5.26 Å². The number of amides is 1. The van der Waals surface area contributed by atoms with Gasteiger partial charge >= 0.3 is 0 Å². The number of halogens is 1. The van der Waals surface area contributed by atoms with Crippen molar-refractivity contribution in [1.29, 1.82) is 5.26 Å². The summed E-state index contributed by atoms with van der Waals surface area (Å²) in [6.07, 6.45) is 6.27. The number of nitrogens with zero attached hydrogens (tertiary/aromatic N) is 3. The number of aromatic nitrogens is 1. The first-order valence-electron chi connectivity index (χ1n) is 12.2. The lowest BCUT2D eigenvalue weighted by Crippen LogP contribution is -2.46. The fraction of sp³-hybridized carbons (Fsp3) is 0.345. The number of pyridine rings is 1. The average Bonchev–Trinajstić information content (AvgIpc) is 3.35. The number of rotatable bonds is 7. The summed E-state index contributed by atoms with van der Waals surface area (Å²) in [6, 6.07) is 13.4. The zero-order valence-electron chi connectivity index (χ0n) is 20.8. The number of aliphatic hydroxyl groups excluding tert-OH is 1. The quantitative estimate of drug-likeness (QED) is 0.412. The van der Waals surface area contributed by atoms with Crippen LogP contribution in [0.1, 0.15) is 41.6 Å². The number of alkyl halides is 1. The van der Waals surface area contributed by atoms with E-state index in [1.54, 1.807) is 37.3 Å². The van der Waals surface area contributed by atoms with Crippen molar-refractivity contribution in [3.05, 3.63) is 71.1 Å². The van der Waals surface area contributed by atoms with Crippen LogP contribution in [0.2, 0.25) is 0 Å². The normalized spacial score (nSPS) is 21.3. The zero-order chi connectivity index (χ0) is 26.2. The number of fused-ring (bicyclic) bond motifs is 1. The lowest BCUT2D eigenvalue weighted by molar-refractivity contribution is -0.0679. The third kappa shape index (κ3) is 4.75. The number of allylic oxidation sites excluding steroid dienone is 4. The van der Waals surface area contributed by atoms with E-state index in [4.69, 9.17) is 20.8 Å². The molecule has 0 saturated heterocycles. The molecule has 1 N–H and O–H groups in total. The molecule has 0 aliphatic heterocycles. The van der Waals surface area contributed by atoms with Crippen molar-refractivity contribution in [3.8, 4) is 17.4 Å². The molecule has 37 heavy (non-hydrogen) atoms. The Kier molecular flexibility index (Phi) is 6.80. The average molecular weight is 518 g/mol. The van der Waals surface area contributed by atoms with Crippen LogP contribution in [0.4, 0.5) is 0 Å². The second-order valence-corrected chi connectivity index (χ2v) is 10.3. The van der Waals surface area contributed by atoms with E-state index in [1.165, 1.54) is 0 Å². The molecule has 1 amide bonds. The van der Waals surface area contributed by atoms with Crippen molar-refractivity contribution in [2.45, 2.75) is 31.8 Å². The van der Waals surface area contributed by atoms with Gasteiger partial charge in [0.05, 0.1) is 18.3 Å². The molecule has 0 spiro atoms. The summed E-state index contributed by atoms with van der Waals surface area (Å²) >= 11 is 6.01. The van der Waals surface area contributed by atoms with Gasteiger partial charge in [-0.15, -0.1) is 11.6 Å². The second kappa shape index (κ2) is 10.0. The van der Waals surface area contributed by atoms with E-state index in [2.05, 4.69) is 11.1 Å². The molecule has 0 unspecified atom stereocenters. The number of carbonyl (C=O) groups excluding carboxylic acids is 1. The molecule has 0 bridgehead atoms. The maximum atomic E-state index is 12.2. The number of hydrogen-bond donors (Lipinski definition) is 1. The predicted octanol–water partition coefficient (Wildman–Crippen LogP) is 5.55. The van der Waals surface area contributed by atoms with E-state index in [-0.39, 0.29) is 24.0 Å². The van der Waals surface area contributed by atoms with Gasteiger partial charge in [-0.25, -0.2) is 0 Å². The highest BCUT2D eigenvalue weighted by atomic mass is 35.5. The van der Waals surface area contributed by atoms with Gasteiger partial charge in [0.25, 0.3) is 5.91 Å².